The van der Waals surface area contributed by atoms with Crippen LogP contribution < -0.4 is 10.6 Å². The topological polar surface area (TPSA) is 64.3 Å². The van der Waals surface area contributed by atoms with Crippen LogP contribution in [0.3, 0.4) is 0 Å². The van der Waals surface area contributed by atoms with Crippen molar-refractivity contribution >= 4 is 23.0 Å². The molecule has 2 N–H and O–H groups in total. The Bertz CT molecular complexity index is 408. The van der Waals surface area contributed by atoms with E-state index in [1.165, 1.54) is 0 Å². The molecule has 0 radical (unpaired) electrons. The fourth-order valence-electron chi connectivity index (χ4n) is 2.03. The van der Waals surface area contributed by atoms with E-state index in [0.29, 0.717) is 11.7 Å². The van der Waals surface area contributed by atoms with Gasteiger partial charge < -0.3 is 15.4 Å². The summed E-state index contributed by atoms with van der Waals surface area (Å²) in [6.07, 6.45) is 4.53. The number of hydrogen-bond donors (Lipinski definition) is 1. The van der Waals surface area contributed by atoms with E-state index >= 15 is 0 Å². The monoisotopic (exact) mass is 252 g/mol. The first kappa shape index (κ1) is 12.2. The number of nitrogens with two attached hydrogens (primary N) is 1. The van der Waals surface area contributed by atoms with Crippen molar-refractivity contribution in [2.45, 2.75) is 25.5 Å². The molecule has 5 nitrogen and oxygen atoms in total. The van der Waals surface area contributed by atoms with Crippen LogP contribution in [0.15, 0.2) is 12.4 Å². The summed E-state index contributed by atoms with van der Waals surface area (Å²) in [5, 5.41) is 0. The highest BCUT2D eigenvalue weighted by molar-refractivity contribution is 7.80. The molecule has 0 amide bonds. The molecule has 1 saturated heterocycles. The quantitative estimate of drug-likeness (QED) is 0.800. The zero-order valence-corrected chi connectivity index (χ0v) is 10.8. The van der Waals surface area contributed by atoms with Crippen molar-refractivity contribution < 1.29 is 4.74 Å². The van der Waals surface area contributed by atoms with Gasteiger partial charge in [-0.05, 0) is 13.3 Å². The fraction of sp³-hybridized carbons (Fsp3) is 0.545. The summed E-state index contributed by atoms with van der Waals surface area (Å²) in [7, 11) is 2.00. The molecule has 0 aromatic carbocycles. The fourth-order valence-corrected chi connectivity index (χ4v) is 2.13. The van der Waals surface area contributed by atoms with E-state index < -0.39 is 0 Å². The molecule has 2 rings (SSSR count). The summed E-state index contributed by atoms with van der Waals surface area (Å²) in [6, 6.07) is 0.347. The molecule has 17 heavy (non-hydrogen) atoms. The van der Waals surface area contributed by atoms with Crippen LogP contribution >= 0.6 is 12.2 Å². The second kappa shape index (κ2) is 4.93. The molecular formula is C11H16N4OS. The van der Waals surface area contributed by atoms with Gasteiger partial charge in [-0.15, -0.1) is 0 Å². The van der Waals surface area contributed by atoms with Crippen molar-refractivity contribution in [2.24, 2.45) is 5.73 Å². The summed E-state index contributed by atoms with van der Waals surface area (Å²) >= 11 is 4.84. The molecular weight excluding hydrogens is 236 g/mol. The van der Waals surface area contributed by atoms with Crippen LogP contribution in [0, 0.1) is 0 Å². The lowest BCUT2D eigenvalue weighted by atomic mass is 10.1. The molecule has 1 aliphatic rings. The van der Waals surface area contributed by atoms with Crippen LogP contribution in [-0.2, 0) is 4.74 Å². The summed E-state index contributed by atoms with van der Waals surface area (Å²) in [5.74, 6) is 0.812. The van der Waals surface area contributed by atoms with Gasteiger partial charge in [0.05, 0.1) is 24.5 Å². The Labute approximate surface area is 106 Å². The molecule has 1 aromatic rings. The summed E-state index contributed by atoms with van der Waals surface area (Å²) in [6.45, 7) is 2.87. The molecule has 92 valence electrons. The first-order valence-corrected chi connectivity index (χ1v) is 5.96. The maximum atomic E-state index is 5.54. The van der Waals surface area contributed by atoms with E-state index in [4.69, 9.17) is 22.7 Å². The van der Waals surface area contributed by atoms with Crippen molar-refractivity contribution in [3.8, 4) is 0 Å². The molecule has 0 saturated carbocycles. The third kappa shape index (κ3) is 2.53. The van der Waals surface area contributed by atoms with Crippen molar-refractivity contribution in [2.75, 3.05) is 18.6 Å². The number of thiocarbonyl (C=S) groups is 1. The molecule has 2 unspecified atom stereocenters. The van der Waals surface area contributed by atoms with Crippen LogP contribution in [0.25, 0.3) is 0 Å². The number of rotatable bonds is 3. The van der Waals surface area contributed by atoms with Gasteiger partial charge in [0.15, 0.2) is 0 Å². The third-order valence-corrected chi connectivity index (χ3v) is 3.29. The van der Waals surface area contributed by atoms with Crippen LogP contribution in [0.2, 0.25) is 0 Å². The van der Waals surface area contributed by atoms with Gasteiger partial charge in [-0.1, -0.05) is 12.2 Å². The Morgan fingerprint density at radius 2 is 2.29 bits per heavy atom. The first-order valence-electron chi connectivity index (χ1n) is 5.56. The minimum Gasteiger partial charge on any atom is -0.388 e. The Kier molecular flexibility index (Phi) is 3.54. The third-order valence-electron chi connectivity index (χ3n) is 3.09. The molecule has 2 atom stereocenters. The highest BCUT2D eigenvalue weighted by Crippen LogP contribution is 2.22. The zero-order chi connectivity index (χ0) is 12.4. The number of hydrogen-bond acceptors (Lipinski definition) is 5. The smallest absolute Gasteiger partial charge is 0.147 e. The maximum absolute atomic E-state index is 5.54. The van der Waals surface area contributed by atoms with Gasteiger partial charge in [-0.2, -0.15) is 0 Å². The van der Waals surface area contributed by atoms with Crippen molar-refractivity contribution in [1.82, 2.24) is 9.97 Å². The largest absolute Gasteiger partial charge is 0.388 e. The Morgan fingerprint density at radius 3 is 2.76 bits per heavy atom. The van der Waals surface area contributed by atoms with Gasteiger partial charge >= 0.3 is 0 Å². The second-order valence-electron chi connectivity index (χ2n) is 4.17. The van der Waals surface area contributed by atoms with Crippen LogP contribution in [0.1, 0.15) is 19.0 Å². The number of likely N-dealkylation sites (N-methyl/N-ethyl adjacent to an activating group) is 1. The normalized spacial score (nSPS) is 23.6. The van der Waals surface area contributed by atoms with Gasteiger partial charge in [-0.25, -0.2) is 9.97 Å². The van der Waals surface area contributed by atoms with E-state index in [-0.39, 0.29) is 11.1 Å². The molecule has 1 fully saturated rings. The summed E-state index contributed by atoms with van der Waals surface area (Å²) in [5.41, 5.74) is 6.03. The van der Waals surface area contributed by atoms with E-state index in [9.17, 15) is 0 Å². The average molecular weight is 252 g/mol. The zero-order valence-electron chi connectivity index (χ0n) is 9.96. The SMILES string of the molecule is CC1OCCC1N(C)c1cnc(C(N)=S)cn1. The van der Waals surface area contributed by atoms with Crippen molar-refractivity contribution in [3.63, 3.8) is 0 Å². The van der Waals surface area contributed by atoms with Crippen LogP contribution in [0.5, 0.6) is 0 Å². The molecule has 1 aromatic heterocycles. The number of aromatic nitrogens is 2. The summed E-state index contributed by atoms with van der Waals surface area (Å²) in [4.78, 5) is 10.9. The Hall–Kier alpha value is -1.27. The lowest BCUT2D eigenvalue weighted by molar-refractivity contribution is 0.118. The lowest BCUT2D eigenvalue weighted by Gasteiger charge is -2.27. The first-order chi connectivity index (χ1) is 8.09. The summed E-state index contributed by atoms with van der Waals surface area (Å²) < 4.78 is 5.54. The van der Waals surface area contributed by atoms with Gasteiger partial charge in [0, 0.05) is 13.7 Å². The van der Waals surface area contributed by atoms with Crippen LogP contribution in [0.4, 0.5) is 5.82 Å². The molecule has 6 heteroatoms. The standard InChI is InChI=1S/C11H16N4OS/c1-7-9(3-4-16-7)15(2)10-6-13-8(5-14-10)11(12)17/h5-7,9H,3-4H2,1-2H3,(H2,12,17). The average Bonchev–Trinajstić information content (AvgIpc) is 2.74. The second-order valence-corrected chi connectivity index (χ2v) is 4.61. The maximum Gasteiger partial charge on any atom is 0.147 e. The Balaban J connectivity index is 2.14. The van der Waals surface area contributed by atoms with Gasteiger partial charge in [0.2, 0.25) is 0 Å². The lowest BCUT2D eigenvalue weighted by Crippen LogP contribution is -2.37. The van der Waals surface area contributed by atoms with Gasteiger partial charge in [0.25, 0.3) is 0 Å². The van der Waals surface area contributed by atoms with Crippen molar-refractivity contribution in [3.05, 3.63) is 18.1 Å². The molecule has 0 aliphatic carbocycles. The Morgan fingerprint density at radius 1 is 1.53 bits per heavy atom. The highest BCUT2D eigenvalue weighted by Gasteiger charge is 2.28. The number of anilines is 1. The minimum atomic E-state index is 0.220. The molecule has 0 bridgehead atoms. The molecule has 2 heterocycles. The minimum absolute atomic E-state index is 0.220. The number of nitrogens with zero attached hydrogens (tertiary/aromatic N) is 3. The van der Waals surface area contributed by atoms with Crippen molar-refractivity contribution in [1.29, 1.82) is 0 Å². The highest BCUT2D eigenvalue weighted by atomic mass is 32.1. The van der Waals surface area contributed by atoms with E-state index in [0.717, 1.165) is 18.8 Å². The van der Waals surface area contributed by atoms with Crippen LogP contribution in [-0.4, -0.2) is 40.8 Å². The molecule has 1 aliphatic heterocycles. The van der Waals surface area contributed by atoms with E-state index in [1.807, 2.05) is 7.05 Å². The van der Waals surface area contributed by atoms with Gasteiger partial charge in [-0.3, -0.25) is 0 Å². The van der Waals surface area contributed by atoms with E-state index in [2.05, 4.69) is 21.8 Å². The predicted molar refractivity (Wildman–Crippen MR) is 70.1 cm³/mol. The molecule has 0 spiro atoms. The van der Waals surface area contributed by atoms with E-state index in [1.54, 1.807) is 12.4 Å². The van der Waals surface area contributed by atoms with Gasteiger partial charge in [0.1, 0.15) is 16.5 Å². The predicted octanol–water partition coefficient (Wildman–Crippen LogP) is 0.724. The number of ether oxygens (including phenoxy) is 1.